The molecule has 0 unspecified atom stereocenters. The minimum atomic E-state index is -0.279. The third-order valence-corrected chi connectivity index (χ3v) is 5.31. The molecule has 0 N–H and O–H groups in total. The van der Waals surface area contributed by atoms with Crippen molar-refractivity contribution in [1.29, 1.82) is 0 Å². The SMILES string of the molecule is Cc1c(C)c2ccc(OCCN3CCc4ccccc4C3)cc2oc1=O. The summed E-state index contributed by atoms with van der Waals surface area (Å²) in [6, 6.07) is 14.4. The van der Waals surface area contributed by atoms with Gasteiger partial charge in [0.1, 0.15) is 17.9 Å². The highest BCUT2D eigenvalue weighted by Gasteiger charge is 2.15. The summed E-state index contributed by atoms with van der Waals surface area (Å²) in [6.45, 7) is 7.27. The monoisotopic (exact) mass is 349 g/mol. The second kappa shape index (κ2) is 6.96. The van der Waals surface area contributed by atoms with Gasteiger partial charge in [0.05, 0.1) is 0 Å². The summed E-state index contributed by atoms with van der Waals surface area (Å²) in [5.74, 6) is 0.737. The molecule has 0 atom stereocenters. The molecule has 134 valence electrons. The second-order valence-electron chi connectivity index (χ2n) is 6.94. The van der Waals surface area contributed by atoms with Gasteiger partial charge in [-0.3, -0.25) is 4.90 Å². The van der Waals surface area contributed by atoms with Crippen molar-refractivity contribution in [2.24, 2.45) is 0 Å². The van der Waals surface area contributed by atoms with E-state index in [2.05, 4.69) is 29.2 Å². The predicted octanol–water partition coefficient (Wildman–Crippen LogP) is 3.85. The van der Waals surface area contributed by atoms with Gasteiger partial charge in [0.2, 0.25) is 0 Å². The molecule has 0 radical (unpaired) electrons. The topological polar surface area (TPSA) is 42.7 Å². The molecule has 0 spiro atoms. The minimum Gasteiger partial charge on any atom is -0.492 e. The van der Waals surface area contributed by atoms with Crippen molar-refractivity contribution in [3.63, 3.8) is 0 Å². The zero-order valence-corrected chi connectivity index (χ0v) is 15.2. The molecular weight excluding hydrogens is 326 g/mol. The number of ether oxygens (including phenoxy) is 1. The smallest absolute Gasteiger partial charge is 0.339 e. The van der Waals surface area contributed by atoms with Crippen LogP contribution in [0.25, 0.3) is 11.0 Å². The van der Waals surface area contributed by atoms with Crippen molar-refractivity contribution >= 4 is 11.0 Å². The lowest BCUT2D eigenvalue weighted by Crippen LogP contribution is -2.33. The lowest BCUT2D eigenvalue weighted by molar-refractivity contribution is 0.196. The van der Waals surface area contributed by atoms with Crippen molar-refractivity contribution in [2.45, 2.75) is 26.8 Å². The zero-order chi connectivity index (χ0) is 18.1. The molecule has 1 aromatic heterocycles. The van der Waals surface area contributed by atoms with Gasteiger partial charge >= 0.3 is 5.63 Å². The average molecular weight is 349 g/mol. The van der Waals surface area contributed by atoms with Crippen LogP contribution in [0.15, 0.2) is 51.7 Å². The Bertz CT molecular complexity index is 1010. The number of aryl methyl sites for hydroxylation is 1. The van der Waals surface area contributed by atoms with Crippen LogP contribution in [0.2, 0.25) is 0 Å². The Hall–Kier alpha value is -2.59. The quantitative estimate of drug-likeness (QED) is 0.671. The van der Waals surface area contributed by atoms with Gasteiger partial charge in [-0.05, 0) is 49.1 Å². The Balaban J connectivity index is 1.41. The standard InChI is InChI=1S/C22H23NO3/c1-15-16(2)22(24)26-21-13-19(7-8-20(15)21)25-12-11-23-10-9-17-5-3-4-6-18(17)14-23/h3-8,13H,9-12,14H2,1-2H3. The molecule has 4 heteroatoms. The van der Waals surface area contributed by atoms with Gasteiger partial charge in [-0.1, -0.05) is 24.3 Å². The van der Waals surface area contributed by atoms with Gasteiger partial charge in [0, 0.05) is 36.7 Å². The molecule has 26 heavy (non-hydrogen) atoms. The molecular formula is C22H23NO3. The number of fused-ring (bicyclic) bond motifs is 2. The van der Waals surface area contributed by atoms with Crippen molar-refractivity contribution in [3.8, 4) is 5.75 Å². The third-order valence-electron chi connectivity index (χ3n) is 5.31. The Morgan fingerprint density at radius 3 is 2.73 bits per heavy atom. The highest BCUT2D eigenvalue weighted by molar-refractivity contribution is 5.82. The first kappa shape index (κ1) is 16.9. The van der Waals surface area contributed by atoms with E-state index < -0.39 is 0 Å². The molecule has 3 aromatic rings. The normalized spacial score (nSPS) is 14.4. The maximum atomic E-state index is 11.9. The molecule has 0 amide bonds. The fraction of sp³-hybridized carbons (Fsp3) is 0.318. The van der Waals surface area contributed by atoms with Crippen LogP contribution < -0.4 is 10.4 Å². The summed E-state index contributed by atoms with van der Waals surface area (Å²) >= 11 is 0. The Morgan fingerprint density at radius 2 is 1.88 bits per heavy atom. The van der Waals surface area contributed by atoms with E-state index in [1.54, 1.807) is 6.92 Å². The molecule has 4 rings (SSSR count). The van der Waals surface area contributed by atoms with Crippen LogP contribution in [0.4, 0.5) is 0 Å². The van der Waals surface area contributed by atoms with Gasteiger partial charge in [0.25, 0.3) is 0 Å². The van der Waals surface area contributed by atoms with Crippen LogP contribution in [0.3, 0.4) is 0 Å². The Kier molecular flexibility index (Phi) is 4.51. The van der Waals surface area contributed by atoms with Crippen LogP contribution in [0.1, 0.15) is 22.3 Å². The highest BCUT2D eigenvalue weighted by atomic mass is 16.5. The molecule has 4 nitrogen and oxygen atoms in total. The summed E-state index contributed by atoms with van der Waals surface area (Å²) in [5, 5.41) is 0.960. The molecule has 0 saturated heterocycles. The van der Waals surface area contributed by atoms with E-state index in [1.165, 1.54) is 11.1 Å². The van der Waals surface area contributed by atoms with Crippen LogP contribution in [-0.4, -0.2) is 24.6 Å². The largest absolute Gasteiger partial charge is 0.492 e. The minimum absolute atomic E-state index is 0.279. The van der Waals surface area contributed by atoms with Crippen molar-refractivity contribution < 1.29 is 9.15 Å². The van der Waals surface area contributed by atoms with Gasteiger partial charge < -0.3 is 9.15 Å². The summed E-state index contributed by atoms with van der Waals surface area (Å²) in [7, 11) is 0. The number of rotatable bonds is 4. The zero-order valence-electron chi connectivity index (χ0n) is 15.2. The lowest BCUT2D eigenvalue weighted by atomic mass is 10.0. The third kappa shape index (κ3) is 3.25. The molecule has 2 aromatic carbocycles. The molecule has 1 aliphatic rings. The van der Waals surface area contributed by atoms with E-state index in [-0.39, 0.29) is 5.63 Å². The second-order valence-corrected chi connectivity index (χ2v) is 6.94. The Labute approximate surface area is 153 Å². The summed E-state index contributed by atoms with van der Waals surface area (Å²) < 4.78 is 11.3. The van der Waals surface area contributed by atoms with Crippen LogP contribution in [-0.2, 0) is 13.0 Å². The molecule has 0 saturated carbocycles. The first-order chi connectivity index (χ1) is 12.6. The molecule has 0 aliphatic carbocycles. The highest BCUT2D eigenvalue weighted by Crippen LogP contribution is 2.24. The molecule has 0 fully saturated rings. The van der Waals surface area contributed by atoms with Gasteiger partial charge in [-0.25, -0.2) is 4.79 Å². The van der Waals surface area contributed by atoms with E-state index in [0.29, 0.717) is 17.8 Å². The van der Waals surface area contributed by atoms with E-state index in [1.807, 2.05) is 25.1 Å². The fourth-order valence-electron chi connectivity index (χ4n) is 3.56. The number of benzene rings is 2. The van der Waals surface area contributed by atoms with E-state index in [0.717, 1.165) is 42.8 Å². The van der Waals surface area contributed by atoms with Gasteiger partial charge in [-0.15, -0.1) is 0 Å². The van der Waals surface area contributed by atoms with E-state index in [9.17, 15) is 4.79 Å². The van der Waals surface area contributed by atoms with Crippen LogP contribution in [0, 0.1) is 13.8 Å². The summed E-state index contributed by atoms with van der Waals surface area (Å²) in [4.78, 5) is 14.3. The van der Waals surface area contributed by atoms with Crippen LogP contribution in [0.5, 0.6) is 5.75 Å². The fourth-order valence-corrected chi connectivity index (χ4v) is 3.56. The summed E-state index contributed by atoms with van der Waals surface area (Å²) in [5.41, 5.74) is 4.81. The molecule has 1 aliphatic heterocycles. The van der Waals surface area contributed by atoms with E-state index in [4.69, 9.17) is 9.15 Å². The number of hydrogen-bond donors (Lipinski definition) is 0. The number of hydrogen-bond acceptors (Lipinski definition) is 4. The van der Waals surface area contributed by atoms with Crippen molar-refractivity contribution in [3.05, 3.63) is 75.1 Å². The number of nitrogens with zero attached hydrogens (tertiary/aromatic N) is 1. The first-order valence-corrected chi connectivity index (χ1v) is 9.08. The maximum absolute atomic E-state index is 11.9. The molecule has 2 heterocycles. The van der Waals surface area contributed by atoms with Gasteiger partial charge in [-0.2, -0.15) is 0 Å². The summed E-state index contributed by atoms with van der Waals surface area (Å²) in [6.07, 6.45) is 1.09. The maximum Gasteiger partial charge on any atom is 0.339 e. The molecule has 0 bridgehead atoms. The predicted molar refractivity (Wildman–Crippen MR) is 103 cm³/mol. The van der Waals surface area contributed by atoms with Gasteiger partial charge in [0.15, 0.2) is 0 Å². The first-order valence-electron chi connectivity index (χ1n) is 9.08. The Morgan fingerprint density at radius 1 is 1.08 bits per heavy atom. The van der Waals surface area contributed by atoms with Crippen molar-refractivity contribution in [2.75, 3.05) is 19.7 Å². The van der Waals surface area contributed by atoms with Crippen LogP contribution >= 0.6 is 0 Å². The average Bonchev–Trinajstić information content (AvgIpc) is 2.66. The lowest BCUT2D eigenvalue weighted by Gasteiger charge is -2.28. The van der Waals surface area contributed by atoms with E-state index >= 15 is 0 Å². The van der Waals surface area contributed by atoms with Crippen molar-refractivity contribution in [1.82, 2.24) is 4.90 Å².